The quantitative estimate of drug-likeness (QED) is 0.811. The molecule has 3 heteroatoms. The molecule has 3 N–H and O–H groups in total. The molecule has 0 spiro atoms. The van der Waals surface area contributed by atoms with E-state index in [4.69, 9.17) is 5.73 Å². The lowest BCUT2D eigenvalue weighted by molar-refractivity contribution is 0.0949. The SMILES string of the molecule is CC(O)(CN)CSc1ccc(C(C)(C)C)cc1. The summed E-state index contributed by atoms with van der Waals surface area (Å²) >= 11 is 1.64. The van der Waals surface area contributed by atoms with Gasteiger partial charge in [0.15, 0.2) is 0 Å². The maximum atomic E-state index is 9.82. The molecule has 1 aromatic carbocycles. The Morgan fingerprint density at radius 2 is 1.65 bits per heavy atom. The molecule has 0 radical (unpaired) electrons. The maximum Gasteiger partial charge on any atom is 0.0834 e. The maximum absolute atomic E-state index is 9.82. The van der Waals surface area contributed by atoms with Crippen LogP contribution >= 0.6 is 11.8 Å². The molecule has 0 saturated carbocycles. The van der Waals surface area contributed by atoms with E-state index in [2.05, 4.69) is 45.0 Å². The first-order valence-electron chi connectivity index (χ1n) is 5.90. The summed E-state index contributed by atoms with van der Waals surface area (Å²) in [6.07, 6.45) is 0. The normalized spacial score (nSPS) is 15.6. The van der Waals surface area contributed by atoms with Gasteiger partial charge >= 0.3 is 0 Å². The third-order valence-corrected chi connectivity index (χ3v) is 4.08. The van der Waals surface area contributed by atoms with Crippen LogP contribution in [0.1, 0.15) is 33.3 Å². The number of rotatable bonds is 4. The van der Waals surface area contributed by atoms with Gasteiger partial charge in [0.25, 0.3) is 0 Å². The minimum atomic E-state index is -0.784. The van der Waals surface area contributed by atoms with E-state index in [1.807, 2.05) is 0 Å². The van der Waals surface area contributed by atoms with Crippen molar-refractivity contribution in [2.24, 2.45) is 5.73 Å². The van der Waals surface area contributed by atoms with Crippen LogP contribution in [-0.4, -0.2) is 23.0 Å². The second kappa shape index (κ2) is 5.42. The first-order valence-corrected chi connectivity index (χ1v) is 6.89. The topological polar surface area (TPSA) is 46.2 Å². The standard InChI is InChI=1S/C14H23NOS/c1-13(2,3)11-5-7-12(8-6-11)17-10-14(4,16)9-15/h5-8,16H,9-10,15H2,1-4H3. The molecule has 0 heterocycles. The Bertz CT molecular complexity index is 351. The molecule has 0 fully saturated rings. The van der Waals surface area contributed by atoms with Crippen molar-refractivity contribution < 1.29 is 5.11 Å². The Kier molecular flexibility index (Phi) is 4.64. The summed E-state index contributed by atoms with van der Waals surface area (Å²) in [5, 5.41) is 9.82. The molecular formula is C14H23NOS. The average Bonchev–Trinajstić information content (AvgIpc) is 2.26. The molecule has 1 atom stereocenters. The van der Waals surface area contributed by atoms with Gasteiger partial charge in [-0.25, -0.2) is 0 Å². The van der Waals surface area contributed by atoms with Gasteiger partial charge < -0.3 is 10.8 Å². The molecule has 0 aromatic heterocycles. The van der Waals surface area contributed by atoms with Crippen molar-refractivity contribution in [3.63, 3.8) is 0 Å². The van der Waals surface area contributed by atoms with Gasteiger partial charge in [0.05, 0.1) is 5.60 Å². The molecule has 0 amide bonds. The third-order valence-electron chi connectivity index (χ3n) is 2.71. The summed E-state index contributed by atoms with van der Waals surface area (Å²) in [5.74, 6) is 0.623. The smallest absolute Gasteiger partial charge is 0.0834 e. The van der Waals surface area contributed by atoms with E-state index < -0.39 is 5.60 Å². The van der Waals surface area contributed by atoms with Gasteiger partial charge in [-0.05, 0) is 30.0 Å². The van der Waals surface area contributed by atoms with E-state index in [-0.39, 0.29) is 5.41 Å². The predicted octanol–water partition coefficient (Wildman–Crippen LogP) is 2.79. The van der Waals surface area contributed by atoms with Gasteiger partial charge in [-0.1, -0.05) is 32.9 Å². The summed E-state index contributed by atoms with van der Waals surface area (Å²) in [6, 6.07) is 8.52. The lowest BCUT2D eigenvalue weighted by atomic mass is 9.87. The van der Waals surface area contributed by atoms with Gasteiger partial charge in [0.1, 0.15) is 0 Å². The van der Waals surface area contributed by atoms with E-state index in [1.165, 1.54) is 10.5 Å². The van der Waals surface area contributed by atoms with Crippen LogP contribution in [0.25, 0.3) is 0 Å². The Balaban J connectivity index is 2.64. The fraction of sp³-hybridized carbons (Fsp3) is 0.571. The number of thioether (sulfide) groups is 1. The van der Waals surface area contributed by atoms with Crippen LogP contribution in [0.5, 0.6) is 0 Å². The number of hydrogen-bond acceptors (Lipinski definition) is 3. The molecule has 0 saturated heterocycles. The van der Waals surface area contributed by atoms with Crippen LogP contribution in [0.3, 0.4) is 0 Å². The number of benzene rings is 1. The van der Waals surface area contributed by atoms with E-state index in [9.17, 15) is 5.11 Å². The van der Waals surface area contributed by atoms with E-state index in [0.29, 0.717) is 12.3 Å². The molecule has 0 aliphatic heterocycles. The zero-order valence-corrected chi connectivity index (χ0v) is 12.0. The average molecular weight is 253 g/mol. The number of nitrogens with two attached hydrogens (primary N) is 1. The van der Waals surface area contributed by atoms with Crippen molar-refractivity contribution in [3.05, 3.63) is 29.8 Å². The van der Waals surface area contributed by atoms with Crippen molar-refractivity contribution >= 4 is 11.8 Å². The highest BCUT2D eigenvalue weighted by Crippen LogP contribution is 2.27. The van der Waals surface area contributed by atoms with Crippen LogP contribution in [0.4, 0.5) is 0 Å². The van der Waals surface area contributed by atoms with Crippen molar-refractivity contribution in [3.8, 4) is 0 Å². The molecule has 0 aliphatic carbocycles. The van der Waals surface area contributed by atoms with Crippen LogP contribution in [-0.2, 0) is 5.41 Å². The highest BCUT2D eigenvalue weighted by molar-refractivity contribution is 7.99. The van der Waals surface area contributed by atoms with Gasteiger partial charge in [0.2, 0.25) is 0 Å². The zero-order valence-electron chi connectivity index (χ0n) is 11.2. The van der Waals surface area contributed by atoms with Gasteiger partial charge in [-0.2, -0.15) is 0 Å². The fourth-order valence-electron chi connectivity index (χ4n) is 1.35. The third kappa shape index (κ3) is 4.70. The zero-order chi connectivity index (χ0) is 13.1. The summed E-state index contributed by atoms with van der Waals surface area (Å²) in [7, 11) is 0. The van der Waals surface area contributed by atoms with Crippen molar-refractivity contribution in [1.29, 1.82) is 0 Å². The monoisotopic (exact) mass is 253 g/mol. The Morgan fingerprint density at radius 1 is 1.12 bits per heavy atom. The molecule has 1 aromatic rings. The van der Waals surface area contributed by atoms with Gasteiger partial charge in [-0.3, -0.25) is 0 Å². The highest BCUT2D eigenvalue weighted by Gasteiger charge is 2.18. The van der Waals surface area contributed by atoms with Gasteiger partial charge in [0, 0.05) is 17.2 Å². The van der Waals surface area contributed by atoms with Crippen LogP contribution in [0, 0.1) is 0 Å². The number of aliphatic hydroxyl groups is 1. The van der Waals surface area contributed by atoms with E-state index in [0.717, 1.165) is 0 Å². The molecule has 0 bridgehead atoms. The van der Waals surface area contributed by atoms with Crippen LogP contribution in [0.2, 0.25) is 0 Å². The second-order valence-electron chi connectivity index (χ2n) is 5.76. The first kappa shape index (κ1) is 14.6. The van der Waals surface area contributed by atoms with Crippen LogP contribution in [0.15, 0.2) is 29.2 Å². The fourth-order valence-corrected chi connectivity index (χ4v) is 2.27. The minimum Gasteiger partial charge on any atom is -0.388 e. The Labute approximate surface area is 109 Å². The largest absolute Gasteiger partial charge is 0.388 e. The van der Waals surface area contributed by atoms with Crippen molar-refractivity contribution in [2.45, 2.75) is 43.6 Å². The molecule has 2 nitrogen and oxygen atoms in total. The molecule has 96 valence electrons. The lowest BCUT2D eigenvalue weighted by Crippen LogP contribution is -2.36. The summed E-state index contributed by atoms with van der Waals surface area (Å²) < 4.78 is 0. The molecule has 1 unspecified atom stereocenters. The molecular weight excluding hydrogens is 230 g/mol. The summed E-state index contributed by atoms with van der Waals surface area (Å²) in [5.41, 5.74) is 6.22. The second-order valence-corrected chi connectivity index (χ2v) is 6.81. The van der Waals surface area contributed by atoms with Crippen molar-refractivity contribution in [2.75, 3.05) is 12.3 Å². The molecule has 1 rings (SSSR count). The van der Waals surface area contributed by atoms with Crippen LogP contribution < -0.4 is 5.73 Å². The van der Waals surface area contributed by atoms with E-state index in [1.54, 1.807) is 18.7 Å². The Hall–Kier alpha value is -0.510. The number of hydrogen-bond donors (Lipinski definition) is 2. The first-order chi connectivity index (χ1) is 7.74. The summed E-state index contributed by atoms with van der Waals surface area (Å²) in [6.45, 7) is 8.67. The molecule has 17 heavy (non-hydrogen) atoms. The highest BCUT2D eigenvalue weighted by atomic mass is 32.2. The predicted molar refractivity (Wildman–Crippen MR) is 75.5 cm³/mol. The van der Waals surface area contributed by atoms with Gasteiger partial charge in [-0.15, -0.1) is 11.8 Å². The van der Waals surface area contributed by atoms with E-state index >= 15 is 0 Å². The molecule has 0 aliphatic rings. The minimum absolute atomic E-state index is 0.186. The Morgan fingerprint density at radius 3 is 2.06 bits per heavy atom. The lowest BCUT2D eigenvalue weighted by Gasteiger charge is -2.21. The van der Waals surface area contributed by atoms with Crippen molar-refractivity contribution in [1.82, 2.24) is 0 Å². The summed E-state index contributed by atoms with van der Waals surface area (Å²) in [4.78, 5) is 1.17.